The van der Waals surface area contributed by atoms with Gasteiger partial charge in [-0.15, -0.1) is 0 Å². The first-order valence-corrected chi connectivity index (χ1v) is 5.69. The summed E-state index contributed by atoms with van der Waals surface area (Å²) >= 11 is 3.92. The number of ether oxygens (including phenoxy) is 1. The van der Waals surface area contributed by atoms with Crippen LogP contribution in [0.3, 0.4) is 0 Å². The van der Waals surface area contributed by atoms with Crippen LogP contribution in [0.5, 0.6) is 0 Å². The number of carboxylic acids is 1. The molecule has 0 aromatic rings. The van der Waals surface area contributed by atoms with E-state index in [0.717, 1.165) is 4.90 Å². The van der Waals surface area contributed by atoms with Crippen molar-refractivity contribution in [3.63, 3.8) is 0 Å². The third-order valence-corrected chi connectivity index (χ3v) is 2.15. The van der Waals surface area contributed by atoms with Gasteiger partial charge >= 0.3 is 12.1 Å². The molecule has 1 atom stereocenters. The zero-order valence-corrected chi connectivity index (χ0v) is 11.0. The minimum atomic E-state index is -1.08. The van der Waals surface area contributed by atoms with Crippen LogP contribution in [0.4, 0.5) is 4.79 Å². The Bertz CT molecular complexity index is 262. The number of carbonyl (C=O) groups is 2. The van der Waals surface area contributed by atoms with E-state index in [1.165, 1.54) is 0 Å². The van der Waals surface area contributed by atoms with E-state index in [0.29, 0.717) is 0 Å². The number of nitrogens with zero attached hydrogens (tertiary/aromatic N) is 1. The molecule has 0 rings (SSSR count). The first-order valence-electron chi connectivity index (χ1n) is 5.06. The molecule has 94 valence electrons. The lowest BCUT2D eigenvalue weighted by Gasteiger charge is -2.29. The molecule has 0 aromatic carbocycles. The van der Waals surface area contributed by atoms with Gasteiger partial charge in [0.05, 0.1) is 0 Å². The van der Waals surface area contributed by atoms with E-state index in [2.05, 4.69) is 12.6 Å². The van der Waals surface area contributed by atoms with Crippen molar-refractivity contribution >= 4 is 24.7 Å². The van der Waals surface area contributed by atoms with E-state index >= 15 is 0 Å². The molecule has 0 saturated carbocycles. The number of thiol groups is 1. The lowest BCUT2D eigenvalue weighted by molar-refractivity contribution is -0.142. The van der Waals surface area contributed by atoms with Gasteiger partial charge in [-0.1, -0.05) is 0 Å². The SMILES string of the molecule is CCN(C(=O)OC(C)(C)C)C(CS)C(=O)O. The first-order chi connectivity index (χ1) is 7.22. The van der Waals surface area contributed by atoms with Gasteiger partial charge in [-0.25, -0.2) is 9.59 Å². The molecule has 0 aliphatic rings. The fourth-order valence-electron chi connectivity index (χ4n) is 1.11. The Kier molecular flexibility index (Phi) is 5.64. The fraction of sp³-hybridized carbons (Fsp3) is 0.800. The van der Waals surface area contributed by atoms with Gasteiger partial charge in [0.2, 0.25) is 0 Å². The summed E-state index contributed by atoms with van der Waals surface area (Å²) in [6.45, 7) is 7.16. The summed E-state index contributed by atoms with van der Waals surface area (Å²) in [5.74, 6) is -1.02. The topological polar surface area (TPSA) is 66.8 Å². The van der Waals surface area contributed by atoms with Crippen LogP contribution in [0.15, 0.2) is 0 Å². The second-order valence-corrected chi connectivity index (χ2v) is 4.67. The minimum Gasteiger partial charge on any atom is -0.480 e. The van der Waals surface area contributed by atoms with Crippen molar-refractivity contribution < 1.29 is 19.4 Å². The minimum absolute atomic E-state index is 0.0580. The highest BCUT2D eigenvalue weighted by Gasteiger charge is 2.30. The number of likely N-dealkylation sites (N-methyl/N-ethyl adjacent to an activating group) is 1. The molecular formula is C10H19NO4S. The van der Waals surface area contributed by atoms with Crippen molar-refractivity contribution in [1.29, 1.82) is 0 Å². The Morgan fingerprint density at radius 2 is 1.94 bits per heavy atom. The van der Waals surface area contributed by atoms with E-state index in [9.17, 15) is 9.59 Å². The van der Waals surface area contributed by atoms with Gasteiger partial charge in [0.25, 0.3) is 0 Å². The van der Waals surface area contributed by atoms with Gasteiger partial charge in [0.15, 0.2) is 0 Å². The Labute approximate surface area is 101 Å². The fourth-order valence-corrected chi connectivity index (χ4v) is 1.46. The first kappa shape index (κ1) is 15.1. The largest absolute Gasteiger partial charge is 0.480 e. The maximum atomic E-state index is 11.7. The van der Waals surface area contributed by atoms with Crippen LogP contribution in [-0.4, -0.2) is 46.0 Å². The van der Waals surface area contributed by atoms with Crippen molar-refractivity contribution in [3.8, 4) is 0 Å². The molecule has 0 aliphatic carbocycles. The van der Waals surface area contributed by atoms with Crippen LogP contribution in [0.2, 0.25) is 0 Å². The van der Waals surface area contributed by atoms with Crippen molar-refractivity contribution in [3.05, 3.63) is 0 Å². The molecule has 0 fully saturated rings. The van der Waals surface area contributed by atoms with Crippen LogP contribution < -0.4 is 0 Å². The highest BCUT2D eigenvalue weighted by molar-refractivity contribution is 7.80. The quantitative estimate of drug-likeness (QED) is 0.743. The summed E-state index contributed by atoms with van der Waals surface area (Å²) in [6.07, 6.45) is -0.628. The number of carbonyl (C=O) groups excluding carboxylic acids is 1. The second-order valence-electron chi connectivity index (χ2n) is 4.30. The summed E-state index contributed by atoms with van der Waals surface area (Å²) < 4.78 is 5.11. The Morgan fingerprint density at radius 1 is 1.44 bits per heavy atom. The number of carboxylic acid groups (broad SMARTS) is 1. The molecule has 0 aliphatic heterocycles. The lowest BCUT2D eigenvalue weighted by Crippen LogP contribution is -2.48. The second kappa shape index (κ2) is 5.98. The smallest absolute Gasteiger partial charge is 0.411 e. The monoisotopic (exact) mass is 249 g/mol. The highest BCUT2D eigenvalue weighted by atomic mass is 32.1. The summed E-state index contributed by atoms with van der Waals surface area (Å²) in [5.41, 5.74) is -0.635. The van der Waals surface area contributed by atoms with E-state index in [4.69, 9.17) is 9.84 Å². The van der Waals surface area contributed by atoms with Crippen LogP contribution in [0, 0.1) is 0 Å². The van der Waals surface area contributed by atoms with Crippen molar-refractivity contribution in [1.82, 2.24) is 4.90 Å². The van der Waals surface area contributed by atoms with E-state index < -0.39 is 23.7 Å². The third kappa shape index (κ3) is 4.74. The van der Waals surface area contributed by atoms with Gasteiger partial charge in [-0.2, -0.15) is 12.6 Å². The van der Waals surface area contributed by atoms with Gasteiger partial charge in [-0.05, 0) is 27.7 Å². The van der Waals surface area contributed by atoms with Gasteiger partial charge in [0, 0.05) is 12.3 Å². The summed E-state index contributed by atoms with van der Waals surface area (Å²) in [5, 5.41) is 8.92. The van der Waals surface area contributed by atoms with E-state index in [-0.39, 0.29) is 12.3 Å². The zero-order chi connectivity index (χ0) is 12.9. The molecule has 16 heavy (non-hydrogen) atoms. The highest BCUT2D eigenvalue weighted by Crippen LogP contribution is 2.12. The van der Waals surface area contributed by atoms with Crippen molar-refractivity contribution in [2.75, 3.05) is 12.3 Å². The van der Waals surface area contributed by atoms with E-state index in [1.807, 2.05) is 0 Å². The predicted molar refractivity (Wildman–Crippen MR) is 63.9 cm³/mol. The molecule has 1 amide bonds. The number of aliphatic carboxylic acids is 1. The average Bonchev–Trinajstić information content (AvgIpc) is 2.09. The average molecular weight is 249 g/mol. The van der Waals surface area contributed by atoms with Gasteiger partial charge in [0.1, 0.15) is 11.6 Å². The Morgan fingerprint density at radius 3 is 2.19 bits per heavy atom. The Hall–Kier alpha value is -0.910. The lowest BCUT2D eigenvalue weighted by atomic mass is 10.2. The molecule has 0 radical (unpaired) electrons. The number of rotatable bonds is 4. The zero-order valence-electron chi connectivity index (χ0n) is 10.1. The third-order valence-electron chi connectivity index (χ3n) is 1.80. The van der Waals surface area contributed by atoms with Crippen LogP contribution in [-0.2, 0) is 9.53 Å². The molecule has 5 nitrogen and oxygen atoms in total. The summed E-state index contributed by atoms with van der Waals surface area (Å²) in [4.78, 5) is 23.8. The van der Waals surface area contributed by atoms with Crippen LogP contribution >= 0.6 is 12.6 Å². The summed E-state index contributed by atoms with van der Waals surface area (Å²) in [7, 11) is 0. The maximum absolute atomic E-state index is 11.7. The molecule has 0 saturated heterocycles. The van der Waals surface area contributed by atoms with Crippen molar-refractivity contribution in [2.45, 2.75) is 39.3 Å². The number of hydrogen-bond acceptors (Lipinski definition) is 4. The molecule has 0 aromatic heterocycles. The van der Waals surface area contributed by atoms with Gasteiger partial charge in [-0.3, -0.25) is 4.90 Å². The normalized spacial score (nSPS) is 13.1. The van der Waals surface area contributed by atoms with Crippen LogP contribution in [0.1, 0.15) is 27.7 Å². The molecule has 0 heterocycles. The predicted octanol–water partition coefficient (Wildman–Crippen LogP) is 1.63. The molecule has 0 bridgehead atoms. The molecule has 6 heteroatoms. The number of hydrogen-bond donors (Lipinski definition) is 2. The number of amides is 1. The molecule has 0 spiro atoms. The van der Waals surface area contributed by atoms with E-state index in [1.54, 1.807) is 27.7 Å². The standard InChI is InChI=1S/C10H19NO4S/c1-5-11(7(6-16)8(12)13)9(14)15-10(2,3)4/h7,16H,5-6H2,1-4H3,(H,12,13). The summed E-state index contributed by atoms with van der Waals surface area (Å²) in [6, 6.07) is -0.955. The Balaban J connectivity index is 4.71. The molecular weight excluding hydrogens is 230 g/mol. The van der Waals surface area contributed by atoms with Crippen LogP contribution in [0.25, 0.3) is 0 Å². The van der Waals surface area contributed by atoms with Gasteiger partial charge < -0.3 is 9.84 Å². The maximum Gasteiger partial charge on any atom is 0.411 e. The molecule has 1 unspecified atom stereocenters. The van der Waals surface area contributed by atoms with Crippen molar-refractivity contribution in [2.24, 2.45) is 0 Å². The molecule has 1 N–H and O–H groups in total.